The second-order valence-electron chi connectivity index (χ2n) is 4.43. The molecular formula is C14H7BrF4N2. The average Bonchev–Trinajstić information content (AvgIpc) is 2.80. The first-order valence-corrected chi connectivity index (χ1v) is 6.66. The molecular weight excluding hydrogens is 352 g/mol. The number of aromatic amines is 1. The number of aromatic nitrogens is 2. The number of nitrogens with one attached hydrogen (secondary N) is 1. The second kappa shape index (κ2) is 4.84. The van der Waals surface area contributed by atoms with Gasteiger partial charge in [0.05, 0.1) is 16.6 Å². The normalized spacial score (nSPS) is 12.0. The molecule has 3 aromatic rings. The van der Waals surface area contributed by atoms with E-state index in [1.54, 1.807) is 0 Å². The molecule has 0 aliphatic carbocycles. The minimum absolute atomic E-state index is 0.0456. The number of rotatable bonds is 1. The van der Waals surface area contributed by atoms with Gasteiger partial charge in [-0.25, -0.2) is 9.37 Å². The third-order valence-corrected chi connectivity index (χ3v) is 3.48. The van der Waals surface area contributed by atoms with E-state index in [0.717, 1.165) is 6.07 Å². The van der Waals surface area contributed by atoms with Gasteiger partial charge in [0.25, 0.3) is 0 Å². The van der Waals surface area contributed by atoms with E-state index < -0.39 is 17.6 Å². The summed E-state index contributed by atoms with van der Waals surface area (Å²) in [4.78, 5) is 6.82. The average molecular weight is 359 g/mol. The molecule has 108 valence electrons. The number of nitrogens with zero attached hydrogens (tertiary/aromatic N) is 1. The molecule has 2 nitrogen and oxygen atoms in total. The Morgan fingerprint density at radius 1 is 1.05 bits per heavy atom. The quantitative estimate of drug-likeness (QED) is 0.598. The van der Waals surface area contributed by atoms with Crippen molar-refractivity contribution in [3.63, 3.8) is 0 Å². The molecule has 0 radical (unpaired) electrons. The molecule has 1 heterocycles. The summed E-state index contributed by atoms with van der Waals surface area (Å²) >= 11 is 3.15. The fourth-order valence-electron chi connectivity index (χ4n) is 2.07. The minimum atomic E-state index is -4.50. The Bertz CT molecular complexity index is 823. The molecule has 1 N–H and O–H groups in total. The topological polar surface area (TPSA) is 28.7 Å². The van der Waals surface area contributed by atoms with Gasteiger partial charge in [-0.15, -0.1) is 0 Å². The van der Waals surface area contributed by atoms with Crippen LogP contribution in [0, 0.1) is 5.82 Å². The number of hydrogen-bond donors (Lipinski definition) is 1. The predicted octanol–water partition coefficient (Wildman–Crippen LogP) is 5.15. The van der Waals surface area contributed by atoms with Gasteiger partial charge in [0, 0.05) is 16.1 Å². The Morgan fingerprint density at radius 2 is 1.81 bits per heavy atom. The lowest BCUT2D eigenvalue weighted by Crippen LogP contribution is -2.07. The third-order valence-electron chi connectivity index (χ3n) is 2.99. The molecule has 0 saturated heterocycles. The van der Waals surface area contributed by atoms with Crippen molar-refractivity contribution in [1.82, 2.24) is 9.97 Å². The van der Waals surface area contributed by atoms with Gasteiger partial charge in [0.1, 0.15) is 11.6 Å². The second-order valence-corrected chi connectivity index (χ2v) is 5.35. The van der Waals surface area contributed by atoms with Crippen molar-refractivity contribution >= 4 is 27.0 Å². The zero-order chi connectivity index (χ0) is 15.2. The van der Waals surface area contributed by atoms with Gasteiger partial charge in [-0.2, -0.15) is 13.2 Å². The minimum Gasteiger partial charge on any atom is -0.338 e. The standard InChI is InChI=1S/C14H7BrF4N2/c15-7-1-3-10(14(17,18)19)9(5-7)13-20-11-4-2-8(16)6-12(11)21-13/h1-6H,(H,20,21). The summed E-state index contributed by atoms with van der Waals surface area (Å²) in [6.45, 7) is 0. The predicted molar refractivity (Wildman–Crippen MR) is 74.2 cm³/mol. The molecule has 0 spiro atoms. The van der Waals surface area contributed by atoms with Gasteiger partial charge >= 0.3 is 6.18 Å². The summed E-state index contributed by atoms with van der Waals surface area (Å²) in [6, 6.07) is 7.45. The van der Waals surface area contributed by atoms with E-state index in [2.05, 4.69) is 25.9 Å². The van der Waals surface area contributed by atoms with Gasteiger partial charge in [0.2, 0.25) is 0 Å². The van der Waals surface area contributed by atoms with Crippen molar-refractivity contribution in [2.45, 2.75) is 6.18 Å². The molecule has 21 heavy (non-hydrogen) atoms. The van der Waals surface area contributed by atoms with E-state index in [1.807, 2.05) is 0 Å². The number of H-pyrrole nitrogens is 1. The number of benzene rings is 2. The van der Waals surface area contributed by atoms with Crippen molar-refractivity contribution < 1.29 is 17.6 Å². The first kappa shape index (κ1) is 14.1. The van der Waals surface area contributed by atoms with Crippen LogP contribution in [0.25, 0.3) is 22.4 Å². The van der Waals surface area contributed by atoms with E-state index in [-0.39, 0.29) is 16.9 Å². The van der Waals surface area contributed by atoms with Crippen LogP contribution < -0.4 is 0 Å². The van der Waals surface area contributed by atoms with Crippen LogP contribution in [0.3, 0.4) is 0 Å². The monoisotopic (exact) mass is 358 g/mol. The molecule has 2 aromatic carbocycles. The summed E-state index contributed by atoms with van der Waals surface area (Å²) < 4.78 is 52.8. The van der Waals surface area contributed by atoms with Gasteiger partial charge in [0.15, 0.2) is 0 Å². The molecule has 0 fully saturated rings. The molecule has 1 aromatic heterocycles. The van der Waals surface area contributed by atoms with Crippen molar-refractivity contribution in [3.05, 3.63) is 52.3 Å². The zero-order valence-corrected chi connectivity index (χ0v) is 11.9. The van der Waals surface area contributed by atoms with E-state index >= 15 is 0 Å². The molecule has 7 heteroatoms. The first-order chi connectivity index (χ1) is 9.84. The third kappa shape index (κ3) is 2.65. The van der Waals surface area contributed by atoms with Crippen LogP contribution >= 0.6 is 15.9 Å². The van der Waals surface area contributed by atoms with Crippen LogP contribution in [-0.2, 0) is 6.18 Å². The Hall–Kier alpha value is -1.89. The molecule has 0 aliphatic heterocycles. The van der Waals surface area contributed by atoms with Crippen molar-refractivity contribution in [2.24, 2.45) is 0 Å². The highest BCUT2D eigenvalue weighted by atomic mass is 79.9. The highest BCUT2D eigenvalue weighted by Crippen LogP contribution is 2.38. The van der Waals surface area contributed by atoms with Crippen molar-refractivity contribution in [2.75, 3.05) is 0 Å². The van der Waals surface area contributed by atoms with E-state index in [0.29, 0.717) is 9.99 Å². The first-order valence-electron chi connectivity index (χ1n) is 5.87. The van der Waals surface area contributed by atoms with Crippen LogP contribution in [0.2, 0.25) is 0 Å². The number of hydrogen-bond acceptors (Lipinski definition) is 1. The fourth-order valence-corrected chi connectivity index (χ4v) is 2.43. The highest BCUT2D eigenvalue weighted by molar-refractivity contribution is 9.10. The molecule has 0 amide bonds. The Balaban J connectivity index is 2.24. The van der Waals surface area contributed by atoms with E-state index in [1.165, 1.54) is 30.3 Å². The molecule has 0 aliphatic rings. The summed E-state index contributed by atoms with van der Waals surface area (Å²) in [6.07, 6.45) is -4.50. The number of alkyl halides is 3. The Kier molecular flexibility index (Phi) is 3.24. The van der Waals surface area contributed by atoms with Gasteiger partial charge in [-0.05, 0) is 30.3 Å². The lowest BCUT2D eigenvalue weighted by molar-refractivity contribution is -0.137. The van der Waals surface area contributed by atoms with E-state index in [9.17, 15) is 17.6 Å². The van der Waals surface area contributed by atoms with Crippen LogP contribution in [0.15, 0.2) is 40.9 Å². The molecule has 3 rings (SSSR count). The molecule has 0 atom stereocenters. The van der Waals surface area contributed by atoms with Crippen LogP contribution in [0.4, 0.5) is 17.6 Å². The number of imidazole rings is 1. The summed E-state index contributed by atoms with van der Waals surface area (Å²) in [7, 11) is 0. The maximum atomic E-state index is 13.1. The summed E-state index contributed by atoms with van der Waals surface area (Å²) in [5.41, 5.74) is -0.142. The van der Waals surface area contributed by atoms with Crippen LogP contribution in [0.1, 0.15) is 5.56 Å². The Labute approximate surface area is 124 Å². The van der Waals surface area contributed by atoms with Crippen LogP contribution in [-0.4, -0.2) is 9.97 Å². The maximum Gasteiger partial charge on any atom is 0.417 e. The van der Waals surface area contributed by atoms with Gasteiger partial charge in [-0.1, -0.05) is 15.9 Å². The SMILES string of the molecule is Fc1ccc2[nH]c(-c3cc(Br)ccc3C(F)(F)F)nc2c1. The lowest BCUT2D eigenvalue weighted by Gasteiger charge is -2.11. The molecule has 0 unspecified atom stereocenters. The lowest BCUT2D eigenvalue weighted by atomic mass is 10.1. The molecule has 0 bridgehead atoms. The molecule has 0 saturated carbocycles. The van der Waals surface area contributed by atoms with Crippen molar-refractivity contribution in [3.8, 4) is 11.4 Å². The zero-order valence-electron chi connectivity index (χ0n) is 10.3. The fraction of sp³-hybridized carbons (Fsp3) is 0.0714. The smallest absolute Gasteiger partial charge is 0.338 e. The highest BCUT2D eigenvalue weighted by Gasteiger charge is 2.34. The summed E-state index contributed by atoms with van der Waals surface area (Å²) in [5.74, 6) is -0.449. The number of halogens is 5. The Morgan fingerprint density at radius 3 is 2.52 bits per heavy atom. The van der Waals surface area contributed by atoms with Crippen LogP contribution in [0.5, 0.6) is 0 Å². The van der Waals surface area contributed by atoms with Gasteiger partial charge < -0.3 is 4.98 Å². The van der Waals surface area contributed by atoms with Gasteiger partial charge in [-0.3, -0.25) is 0 Å². The van der Waals surface area contributed by atoms with E-state index in [4.69, 9.17) is 0 Å². The summed E-state index contributed by atoms with van der Waals surface area (Å²) in [5, 5.41) is 0. The van der Waals surface area contributed by atoms with Crippen molar-refractivity contribution in [1.29, 1.82) is 0 Å². The maximum absolute atomic E-state index is 13.1. The number of fused-ring (bicyclic) bond motifs is 1. The largest absolute Gasteiger partial charge is 0.417 e.